The molecule has 35 heavy (non-hydrogen) atoms. The van der Waals surface area contributed by atoms with E-state index in [2.05, 4.69) is 5.32 Å². The molecule has 0 spiro atoms. The van der Waals surface area contributed by atoms with Crippen LogP contribution in [-0.2, 0) is 26.2 Å². The van der Waals surface area contributed by atoms with Crippen LogP contribution in [0.1, 0.15) is 38.7 Å². The highest BCUT2D eigenvalue weighted by Gasteiger charge is 2.28. The van der Waals surface area contributed by atoms with Crippen molar-refractivity contribution in [2.75, 3.05) is 30.8 Å². The second-order valence-electron chi connectivity index (χ2n) is 8.08. The number of carbonyl (C=O) groups excluding carboxylic acids is 2. The molecule has 0 aliphatic heterocycles. The van der Waals surface area contributed by atoms with E-state index in [9.17, 15) is 18.0 Å². The minimum Gasteiger partial charge on any atom is -0.495 e. The molecule has 2 aromatic rings. The van der Waals surface area contributed by atoms with Crippen molar-refractivity contribution >= 4 is 39.1 Å². The van der Waals surface area contributed by atoms with Gasteiger partial charge in [0.05, 0.1) is 24.1 Å². The first-order valence-corrected chi connectivity index (χ1v) is 13.8. The highest BCUT2D eigenvalue weighted by molar-refractivity contribution is 7.92. The number of nitrogens with zero attached hydrogens (tertiary/aromatic N) is 2. The van der Waals surface area contributed by atoms with Gasteiger partial charge in [-0.2, -0.15) is 0 Å². The van der Waals surface area contributed by atoms with Gasteiger partial charge in [0.25, 0.3) is 0 Å². The van der Waals surface area contributed by atoms with Gasteiger partial charge in [0, 0.05) is 26.1 Å². The van der Waals surface area contributed by atoms with Crippen molar-refractivity contribution in [3.05, 3.63) is 59.1 Å². The second kappa shape index (κ2) is 13.3. The first-order valence-electron chi connectivity index (χ1n) is 11.5. The van der Waals surface area contributed by atoms with E-state index in [1.165, 1.54) is 17.5 Å². The summed E-state index contributed by atoms with van der Waals surface area (Å²) in [7, 11) is -2.14. The highest BCUT2D eigenvalue weighted by atomic mass is 35.5. The number of hydrogen-bond donors (Lipinski definition) is 1. The lowest BCUT2D eigenvalue weighted by Crippen LogP contribution is -2.49. The molecule has 1 N–H and O–H groups in total. The van der Waals surface area contributed by atoms with Crippen molar-refractivity contribution in [1.82, 2.24) is 10.2 Å². The normalized spacial score (nSPS) is 12.0. The third-order valence-electron chi connectivity index (χ3n) is 5.51. The molecule has 0 fully saturated rings. The zero-order valence-electron chi connectivity index (χ0n) is 20.7. The van der Waals surface area contributed by atoms with E-state index in [0.717, 1.165) is 11.8 Å². The molecule has 1 atom stereocenters. The van der Waals surface area contributed by atoms with Gasteiger partial charge in [-0.25, -0.2) is 8.42 Å². The van der Waals surface area contributed by atoms with E-state index in [4.69, 9.17) is 16.3 Å². The molecule has 2 amide bonds. The number of hydrogen-bond acceptors (Lipinski definition) is 5. The van der Waals surface area contributed by atoms with Crippen LogP contribution >= 0.6 is 11.6 Å². The minimum absolute atomic E-state index is 0.0820. The quantitative estimate of drug-likeness (QED) is 0.430. The maximum absolute atomic E-state index is 13.3. The van der Waals surface area contributed by atoms with Crippen molar-refractivity contribution in [2.24, 2.45) is 0 Å². The van der Waals surface area contributed by atoms with Crippen molar-refractivity contribution in [1.29, 1.82) is 0 Å². The summed E-state index contributed by atoms with van der Waals surface area (Å²) in [5.74, 6) is 0.0182. The van der Waals surface area contributed by atoms with Crippen molar-refractivity contribution in [3.63, 3.8) is 0 Å². The van der Waals surface area contributed by atoms with Gasteiger partial charge in [0.15, 0.2) is 0 Å². The maximum atomic E-state index is 13.3. The van der Waals surface area contributed by atoms with E-state index >= 15 is 0 Å². The molecule has 2 rings (SSSR count). The average Bonchev–Trinajstić information content (AvgIpc) is 2.81. The number of methoxy groups -OCH3 is 1. The van der Waals surface area contributed by atoms with Crippen molar-refractivity contribution in [2.45, 2.75) is 45.7 Å². The molecule has 0 aromatic heterocycles. The predicted octanol–water partition coefficient (Wildman–Crippen LogP) is 3.84. The molecule has 0 aliphatic rings. The summed E-state index contributed by atoms with van der Waals surface area (Å²) < 4.78 is 31.3. The van der Waals surface area contributed by atoms with Gasteiger partial charge >= 0.3 is 0 Å². The van der Waals surface area contributed by atoms with Gasteiger partial charge in [0.2, 0.25) is 21.8 Å². The van der Waals surface area contributed by atoms with Gasteiger partial charge in [-0.15, -0.1) is 0 Å². The summed E-state index contributed by atoms with van der Waals surface area (Å²) in [5, 5.41) is 3.09. The molecule has 192 valence electrons. The molecule has 10 heteroatoms. The first kappa shape index (κ1) is 28.5. The smallest absolute Gasteiger partial charge is 0.242 e. The van der Waals surface area contributed by atoms with Crippen LogP contribution in [0, 0.1) is 0 Å². The maximum Gasteiger partial charge on any atom is 0.242 e. The molecular formula is C25H34ClN3O5S. The molecule has 0 saturated heterocycles. The molecule has 0 heterocycles. The number of likely N-dealkylation sites (N-methyl/N-ethyl adjacent to an activating group) is 1. The number of carbonyl (C=O) groups is 2. The Hall–Kier alpha value is -2.78. The van der Waals surface area contributed by atoms with Crippen LogP contribution in [0.5, 0.6) is 5.75 Å². The fourth-order valence-corrected chi connectivity index (χ4v) is 5.02. The summed E-state index contributed by atoms with van der Waals surface area (Å²) in [6, 6.07) is 13.6. The molecule has 8 nitrogen and oxygen atoms in total. The topological polar surface area (TPSA) is 96.0 Å². The Labute approximate surface area is 213 Å². The largest absolute Gasteiger partial charge is 0.495 e. The lowest BCUT2D eigenvalue weighted by Gasteiger charge is -2.31. The number of anilines is 1. The van der Waals surface area contributed by atoms with Crippen LogP contribution in [0.15, 0.2) is 48.5 Å². The van der Waals surface area contributed by atoms with Crippen LogP contribution in [0.3, 0.4) is 0 Å². The van der Waals surface area contributed by atoms with E-state index < -0.39 is 16.1 Å². The lowest BCUT2D eigenvalue weighted by atomic mass is 10.1. The van der Waals surface area contributed by atoms with Crippen LogP contribution in [-0.4, -0.2) is 57.6 Å². The number of rotatable bonds is 13. The van der Waals surface area contributed by atoms with Crippen molar-refractivity contribution in [3.8, 4) is 5.75 Å². The Morgan fingerprint density at radius 3 is 2.34 bits per heavy atom. The Kier molecular flexibility index (Phi) is 10.9. The highest BCUT2D eigenvalue weighted by Crippen LogP contribution is 2.30. The van der Waals surface area contributed by atoms with Crippen LogP contribution in [0.2, 0.25) is 5.02 Å². The third kappa shape index (κ3) is 8.14. The zero-order valence-corrected chi connectivity index (χ0v) is 22.2. The number of halogens is 1. The van der Waals surface area contributed by atoms with Gasteiger partial charge in [-0.3, -0.25) is 13.9 Å². The Balaban J connectivity index is 2.19. The van der Waals surface area contributed by atoms with Crippen LogP contribution < -0.4 is 14.4 Å². The van der Waals surface area contributed by atoms with Gasteiger partial charge in [-0.05, 0) is 43.5 Å². The Bertz CT molecular complexity index is 1100. The van der Waals surface area contributed by atoms with E-state index in [1.807, 2.05) is 44.2 Å². The van der Waals surface area contributed by atoms with Crippen LogP contribution in [0.25, 0.3) is 0 Å². The molecule has 0 unspecified atom stereocenters. The minimum atomic E-state index is -3.62. The monoisotopic (exact) mass is 523 g/mol. The SMILES string of the molecule is CCNC(=O)[C@@H](CC)N(Cc1ccccc1)C(=O)CCCN(c1ccc(OC)c(Cl)c1)S(C)(=O)=O. The molecular weight excluding hydrogens is 490 g/mol. The third-order valence-corrected chi connectivity index (χ3v) is 7.00. The van der Waals surface area contributed by atoms with Gasteiger partial charge < -0.3 is 15.0 Å². The summed E-state index contributed by atoms with van der Waals surface area (Å²) in [5.41, 5.74) is 1.30. The Morgan fingerprint density at radius 1 is 1.11 bits per heavy atom. The molecule has 0 saturated carbocycles. The fraction of sp³-hybridized carbons (Fsp3) is 0.440. The second-order valence-corrected chi connectivity index (χ2v) is 10.4. The predicted molar refractivity (Wildman–Crippen MR) is 139 cm³/mol. The van der Waals surface area contributed by atoms with Gasteiger partial charge in [0.1, 0.15) is 11.8 Å². The van der Waals surface area contributed by atoms with E-state index in [-0.39, 0.29) is 36.2 Å². The summed E-state index contributed by atoms with van der Waals surface area (Å²) in [6.07, 6.45) is 1.92. The summed E-state index contributed by atoms with van der Waals surface area (Å²) in [4.78, 5) is 27.6. The summed E-state index contributed by atoms with van der Waals surface area (Å²) in [6.45, 7) is 4.54. The van der Waals surface area contributed by atoms with Crippen molar-refractivity contribution < 1.29 is 22.7 Å². The Morgan fingerprint density at radius 2 is 1.80 bits per heavy atom. The number of sulfonamides is 1. The molecule has 0 radical (unpaired) electrons. The number of nitrogens with one attached hydrogen (secondary N) is 1. The summed E-state index contributed by atoms with van der Waals surface area (Å²) >= 11 is 6.19. The van der Waals surface area contributed by atoms with Crippen LogP contribution in [0.4, 0.5) is 5.69 Å². The molecule has 2 aromatic carbocycles. The molecule has 0 aliphatic carbocycles. The lowest BCUT2D eigenvalue weighted by molar-refractivity contribution is -0.141. The number of benzene rings is 2. The van der Waals surface area contributed by atoms with E-state index in [1.54, 1.807) is 17.0 Å². The molecule has 0 bridgehead atoms. The van der Waals surface area contributed by atoms with Gasteiger partial charge in [-0.1, -0.05) is 48.9 Å². The fourth-order valence-electron chi connectivity index (χ4n) is 3.81. The number of ether oxygens (including phenoxy) is 1. The first-order chi connectivity index (χ1) is 16.6. The standard InChI is InChI=1S/C25H34ClN3O5S/c1-5-22(25(31)27-6-2)28(18-19-11-8-7-9-12-19)24(30)13-10-16-29(35(4,32)33)20-14-15-23(34-3)21(26)17-20/h7-9,11-12,14-15,17,22H,5-6,10,13,16,18H2,1-4H3,(H,27,31)/t22-/m1/s1. The zero-order chi connectivity index (χ0) is 26.0. The van der Waals surface area contributed by atoms with E-state index in [0.29, 0.717) is 30.9 Å². The number of amides is 2. The average molecular weight is 524 g/mol.